The topological polar surface area (TPSA) is 107 Å². The maximum Gasteiger partial charge on any atom is 0.202 e. The predicted molar refractivity (Wildman–Crippen MR) is 107 cm³/mol. The Bertz CT molecular complexity index is 993. The molecule has 0 spiro atoms. The Morgan fingerprint density at radius 1 is 1.44 bits per heavy atom. The molecular formula is C18H20ClN5O2S. The van der Waals surface area contributed by atoms with Crippen molar-refractivity contribution in [3.8, 4) is 0 Å². The molecule has 0 saturated carbocycles. The minimum atomic E-state index is -3.64. The first-order chi connectivity index (χ1) is 12.8. The third kappa shape index (κ3) is 4.18. The van der Waals surface area contributed by atoms with E-state index in [1.54, 1.807) is 19.1 Å². The largest absolute Gasteiger partial charge is 0.309 e. The third-order valence-electron chi connectivity index (χ3n) is 4.67. The van der Waals surface area contributed by atoms with Crippen LogP contribution in [0.2, 0.25) is 5.02 Å². The van der Waals surface area contributed by atoms with E-state index in [1.807, 2.05) is 24.3 Å². The average molecular weight is 406 g/mol. The molecule has 0 radical (unpaired) electrons. The summed E-state index contributed by atoms with van der Waals surface area (Å²) < 4.78 is 25.3. The van der Waals surface area contributed by atoms with Crippen LogP contribution in [0.5, 0.6) is 0 Å². The van der Waals surface area contributed by atoms with Gasteiger partial charge in [0.15, 0.2) is 5.04 Å². The van der Waals surface area contributed by atoms with Gasteiger partial charge < -0.3 is 5.43 Å². The lowest BCUT2D eigenvalue weighted by Crippen LogP contribution is -2.40. The number of benzene rings is 1. The molecule has 0 saturated heterocycles. The number of sulfone groups is 1. The van der Waals surface area contributed by atoms with Crippen molar-refractivity contribution in [3.63, 3.8) is 0 Å². The molecule has 9 heteroatoms. The second-order valence-electron chi connectivity index (χ2n) is 6.87. The van der Waals surface area contributed by atoms with Crippen molar-refractivity contribution in [1.29, 1.82) is 0 Å². The number of hydrazone groups is 1. The predicted octanol–water partition coefficient (Wildman–Crippen LogP) is 3.93. The highest BCUT2D eigenvalue weighted by Gasteiger charge is 2.43. The monoisotopic (exact) mass is 405 g/mol. The highest BCUT2D eigenvalue weighted by atomic mass is 35.5. The molecule has 27 heavy (non-hydrogen) atoms. The molecule has 0 amide bonds. The van der Waals surface area contributed by atoms with Crippen LogP contribution in [0.3, 0.4) is 0 Å². The van der Waals surface area contributed by atoms with E-state index in [9.17, 15) is 8.42 Å². The Kier molecular flexibility index (Phi) is 5.60. The van der Waals surface area contributed by atoms with Crippen LogP contribution in [0.15, 0.2) is 57.8 Å². The van der Waals surface area contributed by atoms with E-state index >= 15 is 0 Å². The van der Waals surface area contributed by atoms with Crippen LogP contribution in [0, 0.1) is 0 Å². The fourth-order valence-corrected chi connectivity index (χ4v) is 5.46. The summed E-state index contributed by atoms with van der Waals surface area (Å²) >= 11 is 6.07. The van der Waals surface area contributed by atoms with E-state index in [2.05, 4.69) is 20.6 Å². The summed E-state index contributed by atoms with van der Waals surface area (Å²) in [5.74, 6) is 0. The van der Waals surface area contributed by atoms with Crippen LogP contribution >= 0.6 is 11.6 Å². The lowest BCUT2D eigenvalue weighted by Gasteiger charge is -2.31. The van der Waals surface area contributed by atoms with Crippen LogP contribution in [0.4, 0.5) is 0 Å². The lowest BCUT2D eigenvalue weighted by molar-refractivity contribution is 0.568. The van der Waals surface area contributed by atoms with Crippen molar-refractivity contribution in [1.82, 2.24) is 5.43 Å². The summed E-state index contributed by atoms with van der Waals surface area (Å²) in [5.41, 5.74) is 14.0. The summed E-state index contributed by atoms with van der Waals surface area (Å²) in [5, 5.41) is 8.38. The Morgan fingerprint density at radius 3 is 2.93 bits per heavy atom. The number of allylic oxidation sites excluding steroid dienone is 1. The Hall–Kier alpha value is -2.28. The van der Waals surface area contributed by atoms with Gasteiger partial charge in [0.2, 0.25) is 9.84 Å². The van der Waals surface area contributed by atoms with Gasteiger partial charge in [0.1, 0.15) is 0 Å². The molecule has 1 atom stereocenters. The summed E-state index contributed by atoms with van der Waals surface area (Å²) in [4.78, 5) is 2.79. The first-order valence-electron chi connectivity index (χ1n) is 8.54. The molecule has 1 aromatic carbocycles. The number of halogens is 1. The van der Waals surface area contributed by atoms with Gasteiger partial charge in [-0.2, -0.15) is 5.10 Å². The minimum absolute atomic E-state index is 0.103. The lowest BCUT2D eigenvalue weighted by atomic mass is 9.87. The fraction of sp³-hybridized carbons (Fsp3) is 0.389. The molecule has 3 rings (SSSR count). The summed E-state index contributed by atoms with van der Waals surface area (Å²) in [6, 6.07) is 7.49. The van der Waals surface area contributed by atoms with Crippen LogP contribution < -0.4 is 5.43 Å². The molecule has 1 heterocycles. The third-order valence-corrected chi connectivity index (χ3v) is 7.31. The Balaban J connectivity index is 1.97. The zero-order chi connectivity index (χ0) is 19.5. The Labute approximate surface area is 163 Å². The molecule has 2 aliphatic rings. The van der Waals surface area contributed by atoms with E-state index in [-0.39, 0.29) is 11.6 Å². The molecule has 1 aromatic rings. The molecule has 0 bridgehead atoms. The molecule has 1 aliphatic carbocycles. The van der Waals surface area contributed by atoms with Crippen molar-refractivity contribution < 1.29 is 8.42 Å². The van der Waals surface area contributed by atoms with E-state index < -0.39 is 14.6 Å². The molecule has 1 N–H and O–H groups in total. The van der Waals surface area contributed by atoms with Crippen molar-refractivity contribution >= 4 is 26.5 Å². The van der Waals surface area contributed by atoms with E-state index in [1.165, 1.54) is 0 Å². The number of azide groups is 1. The van der Waals surface area contributed by atoms with Gasteiger partial charge in [-0.3, -0.25) is 0 Å². The molecule has 7 nitrogen and oxygen atoms in total. The first-order valence-corrected chi connectivity index (χ1v) is 10.4. The summed E-state index contributed by atoms with van der Waals surface area (Å²) in [7, 11) is -3.64. The van der Waals surface area contributed by atoms with Gasteiger partial charge in [-0.15, -0.1) is 0 Å². The molecule has 1 aliphatic heterocycles. The molecule has 1 unspecified atom stereocenters. The normalized spacial score (nSPS) is 22.2. The van der Waals surface area contributed by atoms with E-state index in [4.69, 9.17) is 17.1 Å². The molecule has 0 aromatic heterocycles. The van der Waals surface area contributed by atoms with Crippen LogP contribution in [-0.2, 0) is 16.3 Å². The van der Waals surface area contributed by atoms with Gasteiger partial charge in [0.05, 0.1) is 11.3 Å². The number of hydrogen-bond acceptors (Lipinski definition) is 5. The van der Waals surface area contributed by atoms with Gasteiger partial charge >= 0.3 is 0 Å². The quantitative estimate of drug-likeness (QED) is 0.455. The zero-order valence-electron chi connectivity index (χ0n) is 14.9. The van der Waals surface area contributed by atoms with Crippen molar-refractivity contribution in [2.45, 2.75) is 30.9 Å². The van der Waals surface area contributed by atoms with Gasteiger partial charge in [0.25, 0.3) is 0 Å². The zero-order valence-corrected chi connectivity index (χ0v) is 16.5. The second kappa shape index (κ2) is 7.76. The Morgan fingerprint density at radius 2 is 2.26 bits per heavy atom. The number of nitrogens with one attached hydrogen (secondary N) is 1. The summed E-state index contributed by atoms with van der Waals surface area (Å²) in [6.45, 7) is 2.32. The van der Waals surface area contributed by atoms with Crippen LogP contribution in [-0.4, -0.2) is 31.3 Å². The number of nitrogens with zero attached hydrogens (tertiary/aromatic N) is 4. The minimum Gasteiger partial charge on any atom is -0.309 e. The number of rotatable bonds is 5. The number of hydrogen-bond donors (Lipinski definition) is 1. The SMILES string of the molecule is CC1(S(=O)(=O)C2=NNCC2)C=C(CN=[N+]=[N-])C=C(Cc2cccc(Cl)c2)C1. The van der Waals surface area contributed by atoms with E-state index in [0.29, 0.717) is 36.4 Å². The highest BCUT2D eigenvalue weighted by molar-refractivity contribution is 8.07. The van der Waals surface area contributed by atoms with Gasteiger partial charge in [-0.1, -0.05) is 46.6 Å². The van der Waals surface area contributed by atoms with Crippen molar-refractivity contribution in [2.75, 3.05) is 13.1 Å². The molecule has 0 fully saturated rings. The standard InChI is InChI=1S/C18H20ClN5O2S/c1-18(27(25,26)17-5-6-21-23-17)10-14(8-15(11-18)12-22-24-20)7-13-3-2-4-16(19)9-13/h2-4,8-9,11,21H,5-7,10,12H2,1H3. The maximum absolute atomic E-state index is 13.2. The summed E-state index contributed by atoms with van der Waals surface area (Å²) in [6.07, 6.45) is 4.91. The average Bonchev–Trinajstić information content (AvgIpc) is 3.15. The highest BCUT2D eigenvalue weighted by Crippen LogP contribution is 2.36. The first kappa shape index (κ1) is 19.5. The van der Waals surface area contributed by atoms with Crippen LogP contribution in [0.1, 0.15) is 25.3 Å². The molecular weight excluding hydrogens is 386 g/mol. The fourth-order valence-electron chi connectivity index (χ4n) is 3.48. The van der Waals surface area contributed by atoms with Gasteiger partial charge in [-0.25, -0.2) is 8.42 Å². The maximum atomic E-state index is 13.2. The van der Waals surface area contributed by atoms with Gasteiger partial charge in [0, 0.05) is 22.9 Å². The van der Waals surface area contributed by atoms with Crippen LogP contribution in [0.25, 0.3) is 10.4 Å². The van der Waals surface area contributed by atoms with Crippen molar-refractivity contribution in [2.24, 2.45) is 10.2 Å². The molecule has 142 valence electrons. The smallest absolute Gasteiger partial charge is 0.202 e. The van der Waals surface area contributed by atoms with Crippen molar-refractivity contribution in [3.05, 3.63) is 68.6 Å². The van der Waals surface area contributed by atoms with Gasteiger partial charge in [-0.05, 0) is 48.6 Å². The second-order valence-corrected chi connectivity index (χ2v) is 9.72. The van der Waals surface area contributed by atoms with E-state index in [0.717, 1.165) is 11.1 Å².